The van der Waals surface area contributed by atoms with Crippen LogP contribution >= 0.6 is 24.0 Å². The average molecular weight is 476 g/mol. The van der Waals surface area contributed by atoms with Gasteiger partial charge < -0.3 is 16.0 Å². The van der Waals surface area contributed by atoms with Gasteiger partial charge in [-0.15, -0.1) is 24.0 Å². The van der Waals surface area contributed by atoms with E-state index >= 15 is 0 Å². The van der Waals surface area contributed by atoms with Crippen molar-refractivity contribution < 1.29 is 4.79 Å². The Balaban J connectivity index is 0.00000338. The van der Waals surface area contributed by atoms with Crippen LogP contribution in [0.2, 0.25) is 0 Å². The van der Waals surface area contributed by atoms with E-state index in [-0.39, 0.29) is 35.8 Å². The number of hydrogen-bond donors (Lipinski definition) is 3. The van der Waals surface area contributed by atoms with Crippen LogP contribution in [0.1, 0.15) is 50.6 Å². The molecule has 1 aromatic rings. The van der Waals surface area contributed by atoms with E-state index in [4.69, 9.17) is 4.99 Å². The van der Waals surface area contributed by atoms with E-state index in [1.807, 2.05) is 18.7 Å². The summed E-state index contributed by atoms with van der Waals surface area (Å²) in [6, 6.07) is 0. The molecule has 148 valence electrons. The molecule has 0 saturated heterocycles. The lowest BCUT2D eigenvalue weighted by Crippen LogP contribution is -2.41. The van der Waals surface area contributed by atoms with E-state index < -0.39 is 0 Å². The molecule has 1 amide bonds. The Morgan fingerprint density at radius 2 is 1.85 bits per heavy atom. The van der Waals surface area contributed by atoms with Crippen molar-refractivity contribution in [2.24, 2.45) is 18.0 Å². The molecule has 0 radical (unpaired) electrons. The second-order valence-corrected chi connectivity index (χ2v) is 6.39. The van der Waals surface area contributed by atoms with Gasteiger partial charge in [0.2, 0.25) is 5.91 Å². The van der Waals surface area contributed by atoms with Crippen molar-refractivity contribution in [1.82, 2.24) is 25.7 Å². The van der Waals surface area contributed by atoms with Gasteiger partial charge in [0.25, 0.3) is 0 Å². The molecule has 0 aliphatic heterocycles. The maximum Gasteiger partial charge on any atom is 0.223 e. The Labute approximate surface area is 173 Å². The van der Waals surface area contributed by atoms with Gasteiger partial charge in [-0.05, 0) is 32.6 Å². The Hall–Kier alpha value is -1.32. The van der Waals surface area contributed by atoms with Gasteiger partial charge in [-0.1, -0.05) is 13.8 Å². The summed E-state index contributed by atoms with van der Waals surface area (Å²) in [5, 5.41) is 14.1. The Morgan fingerprint density at radius 3 is 2.42 bits per heavy atom. The molecule has 1 heterocycles. The van der Waals surface area contributed by atoms with Gasteiger partial charge in [0.15, 0.2) is 5.96 Å². The molecule has 3 N–H and O–H groups in total. The number of aromatic nitrogens is 2. The molecule has 0 unspecified atom stereocenters. The first-order valence-corrected chi connectivity index (χ1v) is 9.44. The minimum absolute atomic E-state index is 0. The van der Waals surface area contributed by atoms with Crippen molar-refractivity contribution in [3.05, 3.63) is 17.0 Å². The van der Waals surface area contributed by atoms with Gasteiger partial charge in [-0.25, -0.2) is 4.99 Å². The second kappa shape index (κ2) is 11.4. The maximum atomic E-state index is 11.6. The van der Waals surface area contributed by atoms with Gasteiger partial charge in [0, 0.05) is 43.9 Å². The second-order valence-electron chi connectivity index (χ2n) is 6.39. The number of carbonyl (C=O) groups is 1. The van der Waals surface area contributed by atoms with E-state index in [1.165, 1.54) is 11.3 Å². The summed E-state index contributed by atoms with van der Waals surface area (Å²) < 4.78 is 1.97. The molecule has 26 heavy (non-hydrogen) atoms. The summed E-state index contributed by atoms with van der Waals surface area (Å²) in [5.74, 6) is 1.21. The molecule has 1 aromatic heterocycles. The first-order chi connectivity index (χ1) is 12.1. The summed E-state index contributed by atoms with van der Waals surface area (Å²) in [4.78, 5) is 16.3. The minimum Gasteiger partial charge on any atom is -0.357 e. The van der Waals surface area contributed by atoms with Crippen LogP contribution in [-0.4, -0.2) is 41.3 Å². The maximum absolute atomic E-state index is 11.6. The van der Waals surface area contributed by atoms with Gasteiger partial charge in [-0.2, -0.15) is 5.10 Å². The zero-order valence-electron chi connectivity index (χ0n) is 16.4. The van der Waals surface area contributed by atoms with Gasteiger partial charge in [-0.3, -0.25) is 9.48 Å². The van der Waals surface area contributed by atoms with Crippen LogP contribution < -0.4 is 16.0 Å². The number of carbonyl (C=O) groups excluding carboxylic acids is 1. The molecule has 1 aliphatic rings. The normalized spacial score (nSPS) is 13.9. The van der Waals surface area contributed by atoms with Crippen molar-refractivity contribution in [2.45, 2.75) is 53.0 Å². The van der Waals surface area contributed by atoms with Crippen LogP contribution in [0.3, 0.4) is 0 Å². The number of amides is 1. The molecule has 1 saturated carbocycles. The smallest absolute Gasteiger partial charge is 0.223 e. The molecule has 7 nitrogen and oxygen atoms in total. The number of hydrogen-bond acceptors (Lipinski definition) is 3. The molecular weight excluding hydrogens is 443 g/mol. The van der Waals surface area contributed by atoms with E-state index in [9.17, 15) is 4.79 Å². The fourth-order valence-electron chi connectivity index (χ4n) is 2.93. The van der Waals surface area contributed by atoms with Crippen LogP contribution in [-0.2, 0) is 31.2 Å². The number of nitrogens with zero attached hydrogens (tertiary/aromatic N) is 3. The monoisotopic (exact) mass is 476 g/mol. The number of aliphatic imine (C=N–C) groups is 1. The summed E-state index contributed by atoms with van der Waals surface area (Å²) >= 11 is 0. The third kappa shape index (κ3) is 6.44. The molecular formula is C18H33IN6O. The average Bonchev–Trinajstić information content (AvgIpc) is 3.40. The number of aryl methyl sites for hydroxylation is 2. The number of guanidine groups is 1. The third-order valence-electron chi connectivity index (χ3n) is 4.43. The van der Waals surface area contributed by atoms with Crippen LogP contribution in [0, 0.1) is 5.92 Å². The van der Waals surface area contributed by atoms with E-state index in [2.05, 4.69) is 34.9 Å². The SMILES string of the molecule is CCNC(=NCc1c(CC)nn(C)c1CC)NCCNC(=O)C1CC1.I. The molecule has 0 aromatic carbocycles. The van der Waals surface area contributed by atoms with Crippen molar-refractivity contribution in [3.8, 4) is 0 Å². The van der Waals surface area contributed by atoms with Crippen LogP contribution in [0.4, 0.5) is 0 Å². The molecule has 1 fully saturated rings. The van der Waals surface area contributed by atoms with Crippen molar-refractivity contribution in [2.75, 3.05) is 19.6 Å². The summed E-state index contributed by atoms with van der Waals surface area (Å²) in [6.07, 6.45) is 3.93. The van der Waals surface area contributed by atoms with Crippen molar-refractivity contribution in [3.63, 3.8) is 0 Å². The molecule has 8 heteroatoms. The first-order valence-electron chi connectivity index (χ1n) is 9.44. The number of halogens is 1. The lowest BCUT2D eigenvalue weighted by Gasteiger charge is -2.12. The highest BCUT2D eigenvalue weighted by molar-refractivity contribution is 14.0. The molecule has 0 spiro atoms. The van der Waals surface area contributed by atoms with Gasteiger partial charge in [0.1, 0.15) is 0 Å². The molecule has 1 aliphatic carbocycles. The quantitative estimate of drug-likeness (QED) is 0.220. The summed E-state index contributed by atoms with van der Waals surface area (Å²) in [6.45, 7) is 9.02. The predicted octanol–water partition coefficient (Wildman–Crippen LogP) is 1.74. The first kappa shape index (κ1) is 22.7. The number of nitrogens with one attached hydrogen (secondary N) is 3. The topological polar surface area (TPSA) is 83.3 Å². The van der Waals surface area contributed by atoms with E-state index in [0.29, 0.717) is 19.6 Å². The lowest BCUT2D eigenvalue weighted by molar-refractivity contribution is -0.122. The Bertz CT molecular complexity index is 609. The largest absolute Gasteiger partial charge is 0.357 e. The standard InChI is InChI=1S/C18H32N6O.HI/c1-5-15-14(16(6-2)24(4)23-15)12-22-18(19-7-3)21-11-10-20-17(25)13-8-9-13;/h13H,5-12H2,1-4H3,(H,20,25)(H2,19,21,22);1H. The zero-order valence-corrected chi connectivity index (χ0v) is 18.7. The number of rotatable bonds is 9. The van der Waals surface area contributed by atoms with Gasteiger partial charge in [0.05, 0.1) is 12.2 Å². The fraction of sp³-hybridized carbons (Fsp3) is 0.722. The van der Waals surface area contributed by atoms with Crippen LogP contribution in [0.25, 0.3) is 0 Å². The Morgan fingerprint density at radius 1 is 1.15 bits per heavy atom. The summed E-state index contributed by atoms with van der Waals surface area (Å²) in [7, 11) is 2.00. The molecule has 0 atom stereocenters. The zero-order chi connectivity index (χ0) is 18.2. The van der Waals surface area contributed by atoms with Crippen molar-refractivity contribution in [1.29, 1.82) is 0 Å². The predicted molar refractivity (Wildman–Crippen MR) is 116 cm³/mol. The highest BCUT2D eigenvalue weighted by Crippen LogP contribution is 2.28. The summed E-state index contributed by atoms with van der Waals surface area (Å²) in [5.41, 5.74) is 3.59. The highest BCUT2D eigenvalue weighted by Gasteiger charge is 2.28. The fourth-order valence-corrected chi connectivity index (χ4v) is 2.93. The molecule has 2 rings (SSSR count). The van der Waals surface area contributed by atoms with E-state index in [1.54, 1.807) is 0 Å². The Kier molecular flexibility index (Phi) is 9.97. The van der Waals surface area contributed by atoms with Crippen LogP contribution in [0.5, 0.6) is 0 Å². The third-order valence-corrected chi connectivity index (χ3v) is 4.43. The van der Waals surface area contributed by atoms with E-state index in [0.717, 1.165) is 43.9 Å². The highest BCUT2D eigenvalue weighted by atomic mass is 127. The van der Waals surface area contributed by atoms with Gasteiger partial charge >= 0.3 is 0 Å². The lowest BCUT2D eigenvalue weighted by atomic mass is 10.1. The van der Waals surface area contributed by atoms with Crippen LogP contribution in [0.15, 0.2) is 4.99 Å². The van der Waals surface area contributed by atoms with Crippen molar-refractivity contribution >= 4 is 35.8 Å². The molecule has 0 bridgehead atoms. The minimum atomic E-state index is 0.